The van der Waals surface area contributed by atoms with E-state index in [1.807, 2.05) is 61.5 Å². The van der Waals surface area contributed by atoms with Crippen molar-refractivity contribution in [1.82, 2.24) is 10.2 Å². The number of carbonyl (C=O) groups excluding carboxylic acids is 2. The van der Waals surface area contributed by atoms with Gasteiger partial charge in [0.2, 0.25) is 21.8 Å². The van der Waals surface area contributed by atoms with Crippen molar-refractivity contribution in [2.75, 3.05) is 23.7 Å². The van der Waals surface area contributed by atoms with Gasteiger partial charge in [-0.1, -0.05) is 89.8 Å². The van der Waals surface area contributed by atoms with Crippen LogP contribution in [0.2, 0.25) is 0 Å². The fourth-order valence-corrected chi connectivity index (χ4v) is 7.27. The number of amides is 2. The van der Waals surface area contributed by atoms with Crippen LogP contribution in [0.25, 0.3) is 0 Å². The summed E-state index contributed by atoms with van der Waals surface area (Å²) in [4.78, 5) is 29.8. The number of hydrogen-bond donors (Lipinski definition) is 1. The molecule has 45 heavy (non-hydrogen) atoms. The number of para-hydroxylation sites is 2. The van der Waals surface area contributed by atoms with E-state index in [0.717, 1.165) is 47.5 Å². The third kappa shape index (κ3) is 10.3. The second kappa shape index (κ2) is 16.8. The lowest BCUT2D eigenvalue weighted by Gasteiger charge is -2.34. The fraction of sp³-hybridized carbons (Fsp3) is 0.429. The van der Waals surface area contributed by atoms with Crippen molar-refractivity contribution >= 4 is 43.5 Å². The summed E-state index contributed by atoms with van der Waals surface area (Å²) in [6, 6.07) is 23.9. The fourth-order valence-electron chi connectivity index (χ4n) is 5.85. The first-order valence-electron chi connectivity index (χ1n) is 15.7. The molecule has 0 bridgehead atoms. The minimum atomic E-state index is -3.66. The molecule has 1 saturated carbocycles. The molecule has 2 amide bonds. The molecule has 0 aliphatic heterocycles. The molecule has 1 aliphatic carbocycles. The maximum Gasteiger partial charge on any atom is 0.243 e. The average Bonchev–Trinajstić information content (AvgIpc) is 3.02. The normalized spacial score (nSPS) is 14.4. The lowest BCUT2D eigenvalue weighted by molar-refractivity contribution is -0.141. The van der Waals surface area contributed by atoms with Crippen LogP contribution in [-0.2, 0) is 32.6 Å². The Morgan fingerprint density at radius 2 is 1.64 bits per heavy atom. The molecular formula is C35H44BrN3O5S. The Hall–Kier alpha value is -3.37. The predicted octanol–water partition coefficient (Wildman–Crippen LogP) is 6.48. The smallest absolute Gasteiger partial charge is 0.243 e. The highest BCUT2D eigenvalue weighted by molar-refractivity contribution is 9.10. The number of halogens is 1. The molecule has 242 valence electrons. The van der Waals surface area contributed by atoms with Crippen LogP contribution < -0.4 is 14.4 Å². The number of carbonyl (C=O) groups is 2. The lowest BCUT2D eigenvalue weighted by Crippen LogP contribution is -2.52. The Morgan fingerprint density at radius 1 is 0.956 bits per heavy atom. The molecule has 0 spiro atoms. The Balaban J connectivity index is 1.60. The van der Waals surface area contributed by atoms with E-state index in [2.05, 4.69) is 21.2 Å². The number of sulfonamides is 1. The first-order chi connectivity index (χ1) is 21.7. The van der Waals surface area contributed by atoms with E-state index in [1.165, 1.54) is 10.7 Å². The van der Waals surface area contributed by atoms with Crippen molar-refractivity contribution in [1.29, 1.82) is 0 Å². The van der Waals surface area contributed by atoms with Crippen LogP contribution >= 0.6 is 15.9 Å². The van der Waals surface area contributed by atoms with Crippen molar-refractivity contribution in [2.24, 2.45) is 0 Å². The van der Waals surface area contributed by atoms with Crippen molar-refractivity contribution in [2.45, 2.75) is 76.9 Å². The van der Waals surface area contributed by atoms with Gasteiger partial charge in [-0.3, -0.25) is 13.9 Å². The number of nitrogens with one attached hydrogen (secondary N) is 1. The summed E-state index contributed by atoms with van der Waals surface area (Å²) in [5.74, 6) is 0.106. The second-order valence-corrected chi connectivity index (χ2v) is 14.4. The summed E-state index contributed by atoms with van der Waals surface area (Å²) in [6.45, 7) is 2.58. The maximum absolute atomic E-state index is 14.1. The van der Waals surface area contributed by atoms with Gasteiger partial charge in [0, 0.05) is 36.4 Å². The molecular weight excluding hydrogens is 654 g/mol. The molecule has 8 nitrogen and oxygen atoms in total. The lowest BCUT2D eigenvalue weighted by atomic mass is 9.94. The van der Waals surface area contributed by atoms with Crippen LogP contribution in [-0.4, -0.2) is 56.6 Å². The monoisotopic (exact) mass is 697 g/mol. The average molecular weight is 699 g/mol. The molecule has 1 atom stereocenters. The molecule has 3 aromatic rings. The summed E-state index contributed by atoms with van der Waals surface area (Å²) in [6.07, 6.45) is 7.08. The molecule has 3 aromatic carbocycles. The molecule has 0 unspecified atom stereocenters. The molecule has 0 radical (unpaired) electrons. The summed E-state index contributed by atoms with van der Waals surface area (Å²) < 4.78 is 33.6. The summed E-state index contributed by atoms with van der Waals surface area (Å²) >= 11 is 3.53. The second-order valence-electron chi connectivity index (χ2n) is 11.5. The molecule has 0 aromatic heterocycles. The highest BCUT2D eigenvalue weighted by Gasteiger charge is 2.32. The Labute approximate surface area is 276 Å². The van der Waals surface area contributed by atoms with Gasteiger partial charge in [0.1, 0.15) is 11.8 Å². The number of hydrogen-bond acceptors (Lipinski definition) is 5. The van der Waals surface area contributed by atoms with Crippen LogP contribution in [0, 0.1) is 0 Å². The summed E-state index contributed by atoms with van der Waals surface area (Å²) in [5, 5.41) is 3.26. The first kappa shape index (κ1) is 34.5. The van der Waals surface area contributed by atoms with Gasteiger partial charge in [-0.15, -0.1) is 0 Å². The quantitative estimate of drug-likeness (QED) is 0.196. The number of ether oxygens (including phenoxy) is 1. The zero-order chi connectivity index (χ0) is 32.2. The van der Waals surface area contributed by atoms with Crippen LogP contribution in [0.15, 0.2) is 83.3 Å². The van der Waals surface area contributed by atoms with Gasteiger partial charge in [-0.25, -0.2) is 8.42 Å². The third-order valence-electron chi connectivity index (χ3n) is 8.05. The van der Waals surface area contributed by atoms with Gasteiger partial charge >= 0.3 is 0 Å². The van der Waals surface area contributed by atoms with Gasteiger partial charge < -0.3 is 15.0 Å². The topological polar surface area (TPSA) is 96.0 Å². The molecule has 4 rings (SSSR count). The third-order valence-corrected chi connectivity index (χ3v) is 9.72. The molecule has 1 N–H and O–H groups in total. The van der Waals surface area contributed by atoms with E-state index < -0.39 is 16.1 Å². The van der Waals surface area contributed by atoms with Gasteiger partial charge in [-0.2, -0.15) is 0 Å². The molecule has 0 saturated heterocycles. The van der Waals surface area contributed by atoms with Crippen molar-refractivity contribution in [3.05, 3.63) is 94.5 Å². The Morgan fingerprint density at radius 3 is 2.33 bits per heavy atom. The zero-order valence-corrected chi connectivity index (χ0v) is 28.6. The zero-order valence-electron chi connectivity index (χ0n) is 26.2. The van der Waals surface area contributed by atoms with Crippen molar-refractivity contribution < 1.29 is 22.7 Å². The predicted molar refractivity (Wildman–Crippen MR) is 183 cm³/mol. The molecule has 10 heteroatoms. The number of anilines is 1. The summed E-state index contributed by atoms with van der Waals surface area (Å²) in [7, 11) is -3.66. The van der Waals surface area contributed by atoms with Crippen LogP contribution in [0.5, 0.6) is 5.75 Å². The van der Waals surface area contributed by atoms with E-state index in [1.54, 1.807) is 29.2 Å². The first-order valence-corrected chi connectivity index (χ1v) is 18.4. The summed E-state index contributed by atoms with van der Waals surface area (Å²) in [5.41, 5.74) is 2.29. The van der Waals surface area contributed by atoms with E-state index in [9.17, 15) is 18.0 Å². The highest BCUT2D eigenvalue weighted by atomic mass is 79.9. The minimum absolute atomic E-state index is 0.0683. The SMILES string of the molecule is CCOc1ccccc1N(CCCC(=O)N(Cc1cccc(Br)c1)[C@H](Cc1ccccc1)C(=O)NC1CCCCC1)S(C)(=O)=O. The molecule has 0 heterocycles. The van der Waals surface area contributed by atoms with E-state index in [-0.39, 0.29) is 43.8 Å². The van der Waals surface area contributed by atoms with Gasteiger partial charge in [0.25, 0.3) is 0 Å². The largest absolute Gasteiger partial charge is 0.492 e. The Kier molecular flexibility index (Phi) is 12.9. The van der Waals surface area contributed by atoms with Crippen LogP contribution in [0.1, 0.15) is 63.0 Å². The van der Waals surface area contributed by atoms with E-state index in [4.69, 9.17) is 4.74 Å². The number of benzene rings is 3. The van der Waals surface area contributed by atoms with E-state index in [0.29, 0.717) is 24.5 Å². The van der Waals surface area contributed by atoms with Gasteiger partial charge in [0.05, 0.1) is 18.6 Å². The van der Waals surface area contributed by atoms with Crippen LogP contribution in [0.4, 0.5) is 5.69 Å². The molecule has 1 fully saturated rings. The molecule has 1 aliphatic rings. The highest BCUT2D eigenvalue weighted by Crippen LogP contribution is 2.30. The maximum atomic E-state index is 14.1. The van der Waals surface area contributed by atoms with Crippen molar-refractivity contribution in [3.8, 4) is 5.75 Å². The van der Waals surface area contributed by atoms with Gasteiger partial charge in [0.15, 0.2) is 0 Å². The van der Waals surface area contributed by atoms with E-state index >= 15 is 0 Å². The standard InChI is InChI=1S/C35H44BrN3O5S/c1-3-44-33-21-11-10-20-31(33)39(45(2,42)43)23-13-22-34(40)38(26-28-16-12-17-29(36)24-28)32(25-27-14-6-4-7-15-27)35(41)37-30-18-8-5-9-19-30/h4,6-7,10-12,14-17,20-21,24,30,32H,3,5,8-9,13,18-19,22-23,25-26H2,1-2H3,(H,37,41)/t32-/m1/s1. The number of nitrogens with zero attached hydrogens (tertiary/aromatic N) is 2. The minimum Gasteiger partial charge on any atom is -0.492 e. The van der Waals surface area contributed by atoms with Gasteiger partial charge in [-0.05, 0) is 61.6 Å². The van der Waals surface area contributed by atoms with Crippen LogP contribution in [0.3, 0.4) is 0 Å². The van der Waals surface area contributed by atoms with Crippen molar-refractivity contribution in [3.63, 3.8) is 0 Å². The number of rotatable bonds is 15. The Bertz CT molecular complexity index is 1510.